The summed E-state index contributed by atoms with van der Waals surface area (Å²) in [6.07, 6.45) is 0. The van der Waals surface area contributed by atoms with Gasteiger partial charge in [-0.2, -0.15) is 0 Å². The molecular weight excluding hydrogens is 661 g/mol. The van der Waals surface area contributed by atoms with Gasteiger partial charge >= 0.3 is 0 Å². The van der Waals surface area contributed by atoms with Crippen molar-refractivity contribution in [1.29, 1.82) is 0 Å². The molecule has 11 rings (SSSR count). The molecule has 53 heavy (non-hydrogen) atoms. The average molecular weight is 693 g/mol. The molecule has 0 amide bonds. The Kier molecular flexibility index (Phi) is 6.76. The van der Waals surface area contributed by atoms with Crippen LogP contribution < -0.4 is 4.90 Å². The van der Waals surface area contributed by atoms with Gasteiger partial charge in [-0.3, -0.25) is 0 Å². The number of rotatable bonds is 5. The lowest BCUT2D eigenvalue weighted by Gasteiger charge is -2.28. The molecule has 248 valence electrons. The molecule has 9 aromatic carbocycles. The van der Waals surface area contributed by atoms with E-state index in [1.165, 1.54) is 74.6 Å². The molecule has 0 N–H and O–H groups in total. The molecule has 2 heterocycles. The van der Waals surface area contributed by atoms with E-state index in [2.05, 4.69) is 204 Å². The third kappa shape index (κ3) is 4.78. The van der Waals surface area contributed by atoms with E-state index in [4.69, 9.17) is 0 Å². The maximum absolute atomic E-state index is 2.48. The fourth-order valence-corrected chi connectivity index (χ4v) is 9.48. The molecule has 0 unspecified atom stereocenters. The van der Waals surface area contributed by atoms with Crippen LogP contribution in [0.4, 0.5) is 17.1 Å². The number of benzene rings is 9. The van der Waals surface area contributed by atoms with Crippen molar-refractivity contribution in [3.63, 3.8) is 0 Å². The molecule has 0 saturated carbocycles. The van der Waals surface area contributed by atoms with Crippen molar-refractivity contribution in [3.8, 4) is 16.8 Å². The van der Waals surface area contributed by atoms with Crippen LogP contribution in [0.2, 0.25) is 0 Å². The highest BCUT2D eigenvalue weighted by atomic mass is 32.1. The zero-order chi connectivity index (χ0) is 34.9. The Morgan fingerprint density at radius 1 is 0.377 bits per heavy atom. The highest BCUT2D eigenvalue weighted by Crippen LogP contribution is 2.46. The monoisotopic (exact) mass is 692 g/mol. The molecule has 0 aliphatic rings. The number of fused-ring (bicyclic) bond motifs is 9. The molecule has 0 radical (unpaired) electrons. The number of nitrogens with zero attached hydrogens (tertiary/aromatic N) is 2. The van der Waals surface area contributed by atoms with Gasteiger partial charge in [0.15, 0.2) is 0 Å². The first-order valence-electron chi connectivity index (χ1n) is 18.1. The second-order valence-electron chi connectivity index (χ2n) is 13.7. The smallest absolute Gasteiger partial charge is 0.0561 e. The molecule has 3 heteroatoms. The lowest BCUT2D eigenvalue weighted by Crippen LogP contribution is -2.11. The standard InChI is InChI=1S/C50H32N2S/c1-3-13-33(14-4-1)36-29-35-16-8-9-19-40(35)46(30-36)51(39-25-27-44-49(32-39)53-48-28-23-34-15-7-10-20-41(34)50(44)48)38-24-26-43-42-21-11-12-22-45(42)52(47(43)31-38)37-17-5-2-6-18-37/h1-32H. The van der Waals surface area contributed by atoms with E-state index in [-0.39, 0.29) is 0 Å². The zero-order valence-electron chi connectivity index (χ0n) is 28.8. The largest absolute Gasteiger partial charge is 0.310 e. The van der Waals surface area contributed by atoms with Crippen molar-refractivity contribution in [2.75, 3.05) is 4.90 Å². The van der Waals surface area contributed by atoms with E-state index >= 15 is 0 Å². The number of aromatic nitrogens is 1. The minimum atomic E-state index is 1.11. The fourth-order valence-electron chi connectivity index (χ4n) is 8.33. The van der Waals surface area contributed by atoms with Crippen molar-refractivity contribution in [3.05, 3.63) is 194 Å². The van der Waals surface area contributed by atoms with Gasteiger partial charge in [-0.15, -0.1) is 11.3 Å². The first-order valence-corrected chi connectivity index (χ1v) is 18.9. The lowest BCUT2D eigenvalue weighted by molar-refractivity contribution is 1.18. The second kappa shape index (κ2) is 11.9. The molecule has 0 saturated heterocycles. The van der Waals surface area contributed by atoms with Crippen LogP contribution in [0.5, 0.6) is 0 Å². The van der Waals surface area contributed by atoms with Crippen LogP contribution in [0.25, 0.3) is 80.3 Å². The fraction of sp³-hybridized carbons (Fsp3) is 0. The van der Waals surface area contributed by atoms with Crippen LogP contribution in [-0.4, -0.2) is 4.57 Å². The topological polar surface area (TPSA) is 8.17 Å². The Bertz CT molecular complexity index is 3170. The van der Waals surface area contributed by atoms with Gasteiger partial charge in [-0.25, -0.2) is 0 Å². The summed E-state index contributed by atoms with van der Waals surface area (Å²) in [5.74, 6) is 0. The molecule has 0 fully saturated rings. The predicted octanol–water partition coefficient (Wildman–Crippen LogP) is 14.6. The van der Waals surface area contributed by atoms with E-state index < -0.39 is 0 Å². The van der Waals surface area contributed by atoms with Crippen LogP contribution in [0.1, 0.15) is 0 Å². The van der Waals surface area contributed by atoms with Gasteiger partial charge in [-0.1, -0.05) is 133 Å². The van der Waals surface area contributed by atoms with Gasteiger partial charge in [0.1, 0.15) is 0 Å². The molecular formula is C50H32N2S. The third-order valence-corrected chi connectivity index (χ3v) is 11.8. The Morgan fingerprint density at radius 3 is 1.85 bits per heavy atom. The molecule has 0 aliphatic heterocycles. The minimum absolute atomic E-state index is 1.11. The molecule has 0 atom stereocenters. The van der Waals surface area contributed by atoms with E-state index in [0.29, 0.717) is 0 Å². The van der Waals surface area contributed by atoms with Crippen LogP contribution in [-0.2, 0) is 0 Å². The van der Waals surface area contributed by atoms with Gasteiger partial charge in [0.25, 0.3) is 0 Å². The van der Waals surface area contributed by atoms with Crippen molar-refractivity contribution in [2.24, 2.45) is 0 Å². The Morgan fingerprint density at radius 2 is 1.02 bits per heavy atom. The summed E-state index contributed by atoms with van der Waals surface area (Å²) >= 11 is 1.88. The summed E-state index contributed by atoms with van der Waals surface area (Å²) in [6.45, 7) is 0. The Labute approximate surface area is 311 Å². The molecule has 11 aromatic rings. The van der Waals surface area contributed by atoms with Gasteiger partial charge in [0.05, 0.1) is 16.7 Å². The van der Waals surface area contributed by atoms with Gasteiger partial charge < -0.3 is 9.47 Å². The van der Waals surface area contributed by atoms with E-state index in [0.717, 1.165) is 22.7 Å². The molecule has 0 bridgehead atoms. The first-order chi connectivity index (χ1) is 26.3. The second-order valence-corrected chi connectivity index (χ2v) is 14.8. The van der Waals surface area contributed by atoms with Crippen LogP contribution in [0.3, 0.4) is 0 Å². The highest BCUT2D eigenvalue weighted by molar-refractivity contribution is 7.26. The third-order valence-electron chi connectivity index (χ3n) is 10.7. The SMILES string of the molecule is c1ccc(-c2cc(N(c3ccc4c(c3)sc3ccc5ccccc5c34)c3ccc4c5ccccc5n(-c5ccccc5)c4c3)c3ccccc3c2)cc1. The minimum Gasteiger partial charge on any atom is -0.310 e. The lowest BCUT2D eigenvalue weighted by atomic mass is 9.98. The van der Waals surface area contributed by atoms with Crippen LogP contribution >= 0.6 is 11.3 Å². The molecule has 2 aromatic heterocycles. The molecule has 2 nitrogen and oxygen atoms in total. The van der Waals surface area contributed by atoms with Gasteiger partial charge in [0.2, 0.25) is 0 Å². The maximum Gasteiger partial charge on any atom is 0.0561 e. The van der Waals surface area contributed by atoms with Crippen molar-refractivity contribution in [2.45, 2.75) is 0 Å². The number of para-hydroxylation sites is 2. The number of hydrogen-bond acceptors (Lipinski definition) is 2. The summed E-state index contributed by atoms with van der Waals surface area (Å²) in [7, 11) is 0. The van der Waals surface area contributed by atoms with Crippen molar-refractivity contribution >= 4 is 91.9 Å². The summed E-state index contributed by atoms with van der Waals surface area (Å²) in [5, 5.41) is 10.1. The summed E-state index contributed by atoms with van der Waals surface area (Å²) in [5.41, 5.74) is 9.31. The number of hydrogen-bond donors (Lipinski definition) is 0. The first kappa shape index (κ1) is 30.0. The number of thiophene rings is 1. The van der Waals surface area contributed by atoms with Crippen LogP contribution in [0.15, 0.2) is 194 Å². The van der Waals surface area contributed by atoms with E-state index in [1.54, 1.807) is 0 Å². The number of anilines is 3. The van der Waals surface area contributed by atoms with Gasteiger partial charge in [0, 0.05) is 53.4 Å². The summed E-state index contributed by atoms with van der Waals surface area (Å²) in [6, 6.07) is 71.0. The normalized spacial score (nSPS) is 11.8. The van der Waals surface area contributed by atoms with E-state index in [9.17, 15) is 0 Å². The van der Waals surface area contributed by atoms with Gasteiger partial charge in [-0.05, 0) is 87.9 Å². The highest BCUT2D eigenvalue weighted by Gasteiger charge is 2.21. The van der Waals surface area contributed by atoms with Crippen LogP contribution in [0, 0.1) is 0 Å². The Balaban J connectivity index is 1.22. The van der Waals surface area contributed by atoms with Crippen molar-refractivity contribution < 1.29 is 0 Å². The Hall–Kier alpha value is -6.68. The maximum atomic E-state index is 2.48. The average Bonchev–Trinajstić information content (AvgIpc) is 3.77. The molecule has 0 spiro atoms. The summed E-state index contributed by atoms with van der Waals surface area (Å²) in [4.78, 5) is 2.48. The molecule has 0 aliphatic carbocycles. The zero-order valence-corrected chi connectivity index (χ0v) is 29.6. The van der Waals surface area contributed by atoms with Crippen molar-refractivity contribution in [1.82, 2.24) is 4.57 Å². The summed E-state index contributed by atoms with van der Waals surface area (Å²) < 4.78 is 5.00. The quantitative estimate of drug-likeness (QED) is 0.174. The predicted molar refractivity (Wildman–Crippen MR) is 229 cm³/mol. The van der Waals surface area contributed by atoms with E-state index in [1.807, 2.05) is 11.3 Å².